The first-order chi connectivity index (χ1) is 11.5. The molecule has 2 aromatic heterocycles. The number of ether oxygens (including phenoxy) is 1. The van der Waals surface area contributed by atoms with Crippen molar-refractivity contribution < 1.29 is 4.74 Å². The van der Waals surface area contributed by atoms with Crippen LogP contribution in [0, 0.1) is 11.3 Å². The summed E-state index contributed by atoms with van der Waals surface area (Å²) in [5, 5.41) is 11.3. The van der Waals surface area contributed by atoms with E-state index >= 15 is 0 Å². The lowest BCUT2D eigenvalue weighted by molar-refractivity contribution is -0.0165. The van der Waals surface area contributed by atoms with Crippen molar-refractivity contribution in [1.82, 2.24) is 9.66 Å². The molecule has 1 saturated heterocycles. The Morgan fingerprint density at radius 1 is 1.42 bits per heavy atom. The van der Waals surface area contributed by atoms with Gasteiger partial charge in [0.1, 0.15) is 11.6 Å². The van der Waals surface area contributed by atoms with Crippen LogP contribution >= 0.6 is 0 Å². The highest BCUT2D eigenvalue weighted by atomic mass is 16.5. The highest BCUT2D eigenvalue weighted by molar-refractivity contribution is 5.77. The zero-order valence-electron chi connectivity index (χ0n) is 14.0. The van der Waals surface area contributed by atoms with Gasteiger partial charge in [0.05, 0.1) is 22.3 Å². The fourth-order valence-electron chi connectivity index (χ4n) is 3.04. The van der Waals surface area contributed by atoms with Gasteiger partial charge >= 0.3 is 0 Å². The highest BCUT2D eigenvalue weighted by Crippen LogP contribution is 2.25. The predicted octanol–water partition coefficient (Wildman–Crippen LogP) is 2.05. The number of rotatable bonds is 3. The fraction of sp³-hybridized carbons (Fsp3) is 0.389. The van der Waals surface area contributed by atoms with E-state index in [1.165, 1.54) is 0 Å². The lowest BCUT2D eigenvalue weighted by Gasteiger charge is -2.40. The van der Waals surface area contributed by atoms with Crippen molar-refractivity contribution in [2.45, 2.75) is 25.4 Å². The van der Waals surface area contributed by atoms with Gasteiger partial charge in [-0.1, -0.05) is 6.58 Å². The van der Waals surface area contributed by atoms with E-state index in [1.807, 2.05) is 23.2 Å². The normalized spacial score (nSPS) is 16.8. The average Bonchev–Trinajstić information content (AvgIpc) is 2.62. The van der Waals surface area contributed by atoms with Crippen LogP contribution in [-0.4, -0.2) is 35.5 Å². The van der Waals surface area contributed by atoms with E-state index < -0.39 is 0 Å². The van der Waals surface area contributed by atoms with Gasteiger partial charge in [-0.2, -0.15) is 5.26 Å². The van der Waals surface area contributed by atoms with E-state index in [2.05, 4.69) is 18.5 Å². The van der Waals surface area contributed by atoms with Gasteiger partial charge in [0.2, 0.25) is 0 Å². The summed E-state index contributed by atoms with van der Waals surface area (Å²) in [5.74, 6) is 0. The van der Waals surface area contributed by atoms with E-state index in [0.29, 0.717) is 29.8 Å². The first-order valence-electron chi connectivity index (χ1n) is 7.91. The number of fused-ring (bicyclic) bond motifs is 1. The summed E-state index contributed by atoms with van der Waals surface area (Å²) < 4.78 is 7.15. The van der Waals surface area contributed by atoms with Crippen molar-refractivity contribution >= 4 is 17.1 Å². The molecule has 0 bridgehead atoms. The van der Waals surface area contributed by atoms with Gasteiger partial charge in [-0.3, -0.25) is 4.79 Å². The summed E-state index contributed by atoms with van der Waals surface area (Å²) in [5.41, 5.74) is 1.64. The Hall–Kier alpha value is -2.65. The molecule has 0 amide bonds. The van der Waals surface area contributed by atoms with Crippen LogP contribution < -0.4 is 10.6 Å². The molecule has 3 heterocycles. The maximum atomic E-state index is 12.7. The van der Waals surface area contributed by atoms with Crippen molar-refractivity contribution in [2.75, 3.05) is 25.2 Å². The van der Waals surface area contributed by atoms with Gasteiger partial charge in [-0.05, 0) is 44.0 Å². The molecular formula is C18H20N4O2. The Bertz CT molecular complexity index is 886. The van der Waals surface area contributed by atoms with Gasteiger partial charge in [-0.25, -0.2) is 9.66 Å². The molecule has 1 fully saturated rings. The number of methoxy groups -OCH3 is 1. The van der Waals surface area contributed by atoms with Crippen LogP contribution in [0.3, 0.4) is 0 Å². The zero-order chi connectivity index (χ0) is 17.3. The first kappa shape index (κ1) is 16.2. The summed E-state index contributed by atoms with van der Waals surface area (Å²) in [6, 6.07) is 7.20. The van der Waals surface area contributed by atoms with Crippen LogP contribution in [0.2, 0.25) is 0 Å². The molecule has 6 heteroatoms. The quantitative estimate of drug-likeness (QED) is 0.864. The van der Waals surface area contributed by atoms with Crippen molar-refractivity contribution in [3.8, 4) is 6.07 Å². The van der Waals surface area contributed by atoms with Crippen LogP contribution in [0.1, 0.15) is 31.0 Å². The van der Waals surface area contributed by atoms with Crippen LogP contribution in [0.5, 0.6) is 0 Å². The SMILES string of the molecule is C=Cc1ccc2c(cc(C#N)c(=O)n2N2CCC(C)(OC)CC2)n1. The number of hydrogen-bond donors (Lipinski definition) is 0. The maximum absolute atomic E-state index is 12.7. The van der Waals surface area contributed by atoms with E-state index in [1.54, 1.807) is 23.9 Å². The van der Waals surface area contributed by atoms with Crippen molar-refractivity contribution in [3.05, 3.63) is 46.4 Å². The Balaban J connectivity index is 2.13. The fourth-order valence-corrected chi connectivity index (χ4v) is 3.04. The molecule has 2 aromatic rings. The standard InChI is InChI=1S/C18H20N4O2/c1-4-14-5-6-16-15(20-14)11-13(12-19)17(23)22(16)21-9-7-18(2,24-3)8-10-21/h4-6,11H,1,7-10H2,2-3H3. The molecule has 0 spiro atoms. The number of nitrogens with zero attached hydrogens (tertiary/aromatic N) is 4. The molecule has 0 radical (unpaired) electrons. The molecule has 0 aliphatic carbocycles. The van der Waals surface area contributed by atoms with E-state index in [-0.39, 0.29) is 16.7 Å². The predicted molar refractivity (Wildman–Crippen MR) is 93.4 cm³/mol. The number of aromatic nitrogens is 2. The van der Waals surface area contributed by atoms with Gasteiger partial charge in [0.15, 0.2) is 0 Å². The van der Waals surface area contributed by atoms with Crippen molar-refractivity contribution in [2.24, 2.45) is 0 Å². The molecule has 24 heavy (non-hydrogen) atoms. The van der Waals surface area contributed by atoms with Gasteiger partial charge < -0.3 is 9.75 Å². The Morgan fingerprint density at radius 2 is 2.12 bits per heavy atom. The highest BCUT2D eigenvalue weighted by Gasteiger charge is 2.31. The zero-order valence-corrected chi connectivity index (χ0v) is 14.0. The second-order valence-corrected chi connectivity index (χ2v) is 6.24. The molecule has 0 saturated carbocycles. The monoisotopic (exact) mass is 324 g/mol. The maximum Gasteiger partial charge on any atom is 0.287 e. The summed E-state index contributed by atoms with van der Waals surface area (Å²) in [6.45, 7) is 7.15. The minimum atomic E-state index is -0.306. The van der Waals surface area contributed by atoms with Crippen molar-refractivity contribution in [3.63, 3.8) is 0 Å². The molecule has 3 rings (SSSR count). The van der Waals surface area contributed by atoms with Crippen LogP contribution in [0.25, 0.3) is 17.1 Å². The van der Waals surface area contributed by atoms with Crippen LogP contribution in [0.15, 0.2) is 29.6 Å². The number of pyridine rings is 2. The second kappa shape index (κ2) is 6.10. The summed E-state index contributed by atoms with van der Waals surface area (Å²) in [7, 11) is 1.72. The third kappa shape index (κ3) is 2.68. The van der Waals surface area contributed by atoms with Gasteiger partial charge in [0, 0.05) is 20.2 Å². The van der Waals surface area contributed by atoms with Gasteiger partial charge in [-0.15, -0.1) is 0 Å². The summed E-state index contributed by atoms with van der Waals surface area (Å²) in [6.07, 6.45) is 3.27. The molecule has 0 N–H and O–H groups in total. The molecule has 1 aliphatic heterocycles. The third-order valence-corrected chi connectivity index (χ3v) is 4.76. The van der Waals surface area contributed by atoms with Crippen LogP contribution in [0.4, 0.5) is 0 Å². The van der Waals surface area contributed by atoms with E-state index in [4.69, 9.17) is 4.74 Å². The van der Waals surface area contributed by atoms with Gasteiger partial charge in [0.25, 0.3) is 5.56 Å². The molecule has 0 atom stereocenters. The van der Waals surface area contributed by atoms with E-state index in [0.717, 1.165) is 12.8 Å². The van der Waals surface area contributed by atoms with Crippen molar-refractivity contribution in [1.29, 1.82) is 5.26 Å². The minimum Gasteiger partial charge on any atom is -0.378 e. The molecular weight excluding hydrogens is 304 g/mol. The topological polar surface area (TPSA) is 71.2 Å². The molecule has 0 unspecified atom stereocenters. The Labute approximate surface area is 140 Å². The molecule has 1 aliphatic rings. The molecule has 0 aromatic carbocycles. The van der Waals surface area contributed by atoms with Crippen LogP contribution in [-0.2, 0) is 4.74 Å². The Morgan fingerprint density at radius 3 is 2.71 bits per heavy atom. The number of piperidine rings is 1. The largest absolute Gasteiger partial charge is 0.378 e. The molecule has 6 nitrogen and oxygen atoms in total. The lowest BCUT2D eigenvalue weighted by Crippen LogP contribution is -2.52. The lowest BCUT2D eigenvalue weighted by atomic mass is 9.94. The summed E-state index contributed by atoms with van der Waals surface area (Å²) >= 11 is 0. The number of hydrogen-bond acceptors (Lipinski definition) is 5. The average molecular weight is 324 g/mol. The van der Waals surface area contributed by atoms with E-state index in [9.17, 15) is 10.1 Å². The number of nitriles is 1. The molecule has 124 valence electrons. The smallest absolute Gasteiger partial charge is 0.287 e. The second-order valence-electron chi connectivity index (χ2n) is 6.24. The first-order valence-corrected chi connectivity index (χ1v) is 7.91. The third-order valence-electron chi connectivity index (χ3n) is 4.76. The Kier molecular flexibility index (Phi) is 4.12. The minimum absolute atomic E-state index is 0.0938. The summed E-state index contributed by atoms with van der Waals surface area (Å²) in [4.78, 5) is 17.2.